The van der Waals surface area contributed by atoms with Gasteiger partial charge in [-0.3, -0.25) is 14.2 Å². The number of carbonyl (C=O) groups is 1. The zero-order chi connectivity index (χ0) is 18.8. The molecule has 1 aromatic carbocycles. The van der Waals surface area contributed by atoms with Crippen LogP contribution in [0.4, 0.5) is 13.2 Å². The van der Waals surface area contributed by atoms with E-state index >= 15 is 0 Å². The number of aryl methyl sites for hydroxylation is 2. The fourth-order valence-corrected chi connectivity index (χ4v) is 2.33. The minimum absolute atomic E-state index is 0.0136. The largest absolute Gasteiger partial charge is 0.438 e. The summed E-state index contributed by atoms with van der Waals surface area (Å²) in [6.07, 6.45) is -4.90. The molecule has 136 valence electrons. The van der Waals surface area contributed by atoms with Crippen LogP contribution in [0.5, 0.6) is 0 Å². The molecule has 25 heavy (non-hydrogen) atoms. The first-order chi connectivity index (χ1) is 11.6. The van der Waals surface area contributed by atoms with Gasteiger partial charge in [0.25, 0.3) is 5.56 Å². The summed E-state index contributed by atoms with van der Waals surface area (Å²) in [6.45, 7) is 3.41. The first kappa shape index (κ1) is 18.9. The molecule has 0 fully saturated rings. The number of methoxy groups -OCH3 is 1. The van der Waals surface area contributed by atoms with Crippen molar-refractivity contribution < 1.29 is 22.7 Å². The highest BCUT2D eigenvalue weighted by Gasteiger charge is 2.37. The lowest BCUT2D eigenvalue weighted by Gasteiger charge is -2.15. The average Bonchev–Trinajstić information content (AvgIpc) is 2.51. The maximum absolute atomic E-state index is 13.1. The van der Waals surface area contributed by atoms with Crippen molar-refractivity contribution >= 4 is 16.9 Å². The Balaban J connectivity index is 2.58. The zero-order valence-corrected chi connectivity index (χ0v) is 14.0. The van der Waals surface area contributed by atoms with Crippen molar-refractivity contribution in [1.29, 1.82) is 0 Å². The van der Waals surface area contributed by atoms with Crippen molar-refractivity contribution in [3.63, 3.8) is 0 Å². The molecule has 2 aromatic rings. The summed E-state index contributed by atoms with van der Waals surface area (Å²) in [5, 5.41) is 2.48. The van der Waals surface area contributed by atoms with Gasteiger partial charge in [0.2, 0.25) is 11.6 Å². The molecule has 0 aliphatic carbocycles. The van der Waals surface area contributed by atoms with E-state index in [9.17, 15) is 22.8 Å². The zero-order valence-electron chi connectivity index (χ0n) is 14.0. The fourth-order valence-electron chi connectivity index (χ4n) is 2.33. The lowest BCUT2D eigenvalue weighted by atomic mass is 10.1. The Morgan fingerprint density at radius 3 is 2.52 bits per heavy atom. The van der Waals surface area contributed by atoms with E-state index in [0.717, 1.165) is 15.7 Å². The molecule has 0 radical (unpaired) electrons. The highest BCUT2D eigenvalue weighted by molar-refractivity contribution is 5.81. The van der Waals surface area contributed by atoms with Crippen LogP contribution in [0.1, 0.15) is 16.8 Å². The molecular weight excluding hydrogens is 339 g/mol. The molecule has 1 heterocycles. The van der Waals surface area contributed by atoms with Crippen LogP contribution in [0.15, 0.2) is 16.9 Å². The Morgan fingerprint density at radius 2 is 1.92 bits per heavy atom. The van der Waals surface area contributed by atoms with Gasteiger partial charge in [-0.1, -0.05) is 0 Å². The number of hydrogen-bond donors (Lipinski definition) is 1. The van der Waals surface area contributed by atoms with Crippen LogP contribution in [-0.2, 0) is 22.3 Å². The lowest BCUT2D eigenvalue weighted by molar-refractivity contribution is -0.142. The molecule has 2 rings (SSSR count). The second-order valence-electron chi connectivity index (χ2n) is 5.62. The van der Waals surface area contributed by atoms with Gasteiger partial charge in [-0.25, -0.2) is 4.98 Å². The van der Waals surface area contributed by atoms with E-state index in [1.165, 1.54) is 13.2 Å². The van der Waals surface area contributed by atoms with Crippen LogP contribution >= 0.6 is 0 Å². The number of nitrogens with zero attached hydrogens (tertiary/aromatic N) is 2. The summed E-state index contributed by atoms with van der Waals surface area (Å²) >= 11 is 0. The van der Waals surface area contributed by atoms with E-state index in [4.69, 9.17) is 4.74 Å². The van der Waals surface area contributed by atoms with Crippen molar-refractivity contribution in [3.05, 3.63) is 39.3 Å². The number of halogens is 3. The van der Waals surface area contributed by atoms with E-state index < -0.39 is 29.9 Å². The Kier molecular flexibility index (Phi) is 5.46. The van der Waals surface area contributed by atoms with Crippen LogP contribution in [-0.4, -0.2) is 35.7 Å². The number of amides is 1. The van der Waals surface area contributed by atoms with Crippen molar-refractivity contribution in [2.24, 2.45) is 0 Å². The van der Waals surface area contributed by atoms with Crippen molar-refractivity contribution in [1.82, 2.24) is 14.9 Å². The summed E-state index contributed by atoms with van der Waals surface area (Å²) < 4.78 is 45.0. The molecule has 1 N–H and O–H groups in total. The highest BCUT2D eigenvalue weighted by atomic mass is 19.4. The number of nitrogens with one attached hydrogen (secondary N) is 1. The van der Waals surface area contributed by atoms with E-state index in [-0.39, 0.29) is 24.2 Å². The van der Waals surface area contributed by atoms with E-state index in [2.05, 4.69) is 10.3 Å². The van der Waals surface area contributed by atoms with Crippen LogP contribution < -0.4 is 10.9 Å². The smallest absolute Gasteiger partial charge is 0.383 e. The summed E-state index contributed by atoms with van der Waals surface area (Å²) in [5.74, 6) is -0.585. The fraction of sp³-hybridized carbons (Fsp3) is 0.438. The normalized spacial score (nSPS) is 11.8. The molecule has 0 bridgehead atoms. The van der Waals surface area contributed by atoms with Crippen LogP contribution in [0, 0.1) is 13.8 Å². The second-order valence-corrected chi connectivity index (χ2v) is 5.62. The topological polar surface area (TPSA) is 73.2 Å². The molecule has 6 nitrogen and oxygen atoms in total. The predicted octanol–water partition coefficient (Wildman–Crippen LogP) is 1.79. The molecule has 0 spiro atoms. The molecule has 1 aromatic heterocycles. The van der Waals surface area contributed by atoms with Crippen molar-refractivity contribution in [3.8, 4) is 0 Å². The molecule has 9 heteroatoms. The van der Waals surface area contributed by atoms with Crippen LogP contribution in [0.3, 0.4) is 0 Å². The summed E-state index contributed by atoms with van der Waals surface area (Å²) in [7, 11) is 1.45. The lowest BCUT2D eigenvalue weighted by Crippen LogP contribution is -2.37. The Bertz CT molecular complexity index is 860. The molecule has 1 amide bonds. The molecule has 0 saturated carbocycles. The monoisotopic (exact) mass is 357 g/mol. The quantitative estimate of drug-likeness (QED) is 0.828. The average molecular weight is 357 g/mol. The van der Waals surface area contributed by atoms with Crippen LogP contribution in [0.25, 0.3) is 11.0 Å². The van der Waals surface area contributed by atoms with Gasteiger partial charge < -0.3 is 10.1 Å². The third-order valence-electron chi connectivity index (χ3n) is 3.76. The predicted molar refractivity (Wildman–Crippen MR) is 85.4 cm³/mol. The molecule has 0 atom stereocenters. The van der Waals surface area contributed by atoms with Gasteiger partial charge in [0.15, 0.2) is 0 Å². The van der Waals surface area contributed by atoms with E-state index in [1.54, 1.807) is 19.9 Å². The maximum atomic E-state index is 13.1. The maximum Gasteiger partial charge on any atom is 0.438 e. The summed E-state index contributed by atoms with van der Waals surface area (Å²) in [6, 6.07) is 3.03. The molecule has 0 unspecified atom stereocenters. The van der Waals surface area contributed by atoms with Gasteiger partial charge in [0.05, 0.1) is 17.6 Å². The third-order valence-corrected chi connectivity index (χ3v) is 3.76. The number of ether oxygens (including phenoxy) is 1. The van der Waals surface area contributed by atoms with Gasteiger partial charge in [-0.05, 0) is 37.1 Å². The van der Waals surface area contributed by atoms with Crippen LogP contribution in [0.2, 0.25) is 0 Å². The second kappa shape index (κ2) is 7.22. The standard InChI is InChI=1S/C16H18F3N3O3/c1-9-6-11-12(7-10(9)2)22(8-13(23)20-4-5-25-3)15(24)14(21-11)16(17,18)19/h6-7H,4-5,8H2,1-3H3,(H,20,23). The SMILES string of the molecule is COCCNC(=O)Cn1c(=O)c(C(F)(F)F)nc2cc(C)c(C)cc21. The van der Waals surface area contributed by atoms with Gasteiger partial charge in [-0.15, -0.1) is 0 Å². The number of rotatable bonds is 5. The van der Waals surface area contributed by atoms with Crippen molar-refractivity contribution in [2.45, 2.75) is 26.6 Å². The number of aromatic nitrogens is 2. The van der Waals surface area contributed by atoms with Gasteiger partial charge >= 0.3 is 6.18 Å². The Labute approximate surface area is 141 Å². The number of hydrogen-bond acceptors (Lipinski definition) is 4. The number of carbonyl (C=O) groups excluding carboxylic acids is 1. The highest BCUT2D eigenvalue weighted by Crippen LogP contribution is 2.27. The minimum atomic E-state index is -4.90. The van der Waals surface area contributed by atoms with Crippen molar-refractivity contribution in [2.75, 3.05) is 20.3 Å². The first-order valence-corrected chi connectivity index (χ1v) is 7.49. The number of benzene rings is 1. The Morgan fingerprint density at radius 1 is 1.28 bits per heavy atom. The minimum Gasteiger partial charge on any atom is -0.383 e. The molecular formula is C16H18F3N3O3. The molecule has 0 aliphatic rings. The first-order valence-electron chi connectivity index (χ1n) is 7.49. The van der Waals surface area contributed by atoms with E-state index in [1.807, 2.05) is 0 Å². The van der Waals surface area contributed by atoms with Gasteiger partial charge in [-0.2, -0.15) is 13.2 Å². The summed E-state index contributed by atoms with van der Waals surface area (Å²) in [5.41, 5.74) is -1.16. The summed E-state index contributed by atoms with van der Waals surface area (Å²) in [4.78, 5) is 27.7. The van der Waals surface area contributed by atoms with Gasteiger partial charge in [0, 0.05) is 13.7 Å². The number of alkyl halides is 3. The molecule has 0 saturated heterocycles. The van der Waals surface area contributed by atoms with E-state index in [0.29, 0.717) is 0 Å². The number of fused-ring (bicyclic) bond motifs is 1. The Hall–Kier alpha value is -2.42. The third kappa shape index (κ3) is 4.16. The van der Waals surface area contributed by atoms with Gasteiger partial charge in [0.1, 0.15) is 6.54 Å². The molecule has 0 aliphatic heterocycles.